The zero-order valence-electron chi connectivity index (χ0n) is 16.3. The highest BCUT2D eigenvalue weighted by Crippen LogP contribution is 2.20. The van der Waals surface area contributed by atoms with E-state index in [1.807, 2.05) is 13.8 Å². The van der Waals surface area contributed by atoms with E-state index in [1.54, 1.807) is 39.0 Å². The van der Waals surface area contributed by atoms with Crippen LogP contribution < -0.4 is 15.4 Å². The van der Waals surface area contributed by atoms with Gasteiger partial charge in [-0.1, -0.05) is 38.5 Å². The maximum atomic E-state index is 12.6. The normalized spacial score (nSPS) is 13.6. The second kappa shape index (κ2) is 10.1. The number of amides is 2. The molecule has 0 aromatic heterocycles. The second-order valence-electron chi connectivity index (χ2n) is 7.21. The monoisotopic (exact) mass is 386 g/mol. The molecule has 0 saturated heterocycles. The molecule has 1 aromatic rings. The fourth-order valence-corrected chi connectivity index (χ4v) is 2.29. The molecule has 0 aliphatic carbocycles. The van der Waals surface area contributed by atoms with Crippen molar-refractivity contribution in [3.8, 4) is 5.75 Å². The molecule has 0 bridgehead atoms. The summed E-state index contributed by atoms with van der Waals surface area (Å²) >= 11 is 0. The number of halogens is 2. The van der Waals surface area contributed by atoms with Gasteiger partial charge in [0.1, 0.15) is 17.4 Å². The van der Waals surface area contributed by atoms with Crippen molar-refractivity contribution in [1.82, 2.24) is 10.6 Å². The Balaban J connectivity index is 2.79. The molecule has 2 amide bonds. The highest BCUT2D eigenvalue weighted by atomic mass is 19.3. The van der Waals surface area contributed by atoms with Crippen LogP contribution in [0.1, 0.15) is 46.6 Å². The van der Waals surface area contributed by atoms with Crippen molar-refractivity contribution < 1.29 is 27.8 Å². The van der Waals surface area contributed by atoms with E-state index in [9.17, 15) is 18.4 Å². The average molecular weight is 386 g/mol. The summed E-state index contributed by atoms with van der Waals surface area (Å²) in [6.07, 6.45) is -0.0386. The molecule has 0 aliphatic heterocycles. The number of nitrogens with one attached hydrogen (secondary N) is 2. The Morgan fingerprint density at radius 2 is 1.81 bits per heavy atom. The zero-order valence-corrected chi connectivity index (χ0v) is 16.3. The van der Waals surface area contributed by atoms with Gasteiger partial charge in [0.05, 0.1) is 0 Å². The van der Waals surface area contributed by atoms with Gasteiger partial charge in [-0.05, 0) is 32.8 Å². The van der Waals surface area contributed by atoms with E-state index in [0.29, 0.717) is 12.0 Å². The fraction of sp³-hybridized carbons (Fsp3) is 0.579. The summed E-state index contributed by atoms with van der Waals surface area (Å²) in [4.78, 5) is 24.6. The van der Waals surface area contributed by atoms with Crippen LogP contribution in [-0.2, 0) is 16.1 Å². The zero-order chi connectivity index (χ0) is 20.6. The van der Waals surface area contributed by atoms with Gasteiger partial charge >= 0.3 is 12.7 Å². The largest absolute Gasteiger partial charge is 0.444 e. The number of benzene rings is 1. The third-order valence-corrected chi connectivity index (χ3v) is 3.81. The van der Waals surface area contributed by atoms with Crippen molar-refractivity contribution in [2.45, 2.75) is 65.8 Å². The predicted octanol–water partition coefficient (Wildman–Crippen LogP) is 3.84. The number of rotatable bonds is 8. The Hall–Kier alpha value is -2.38. The van der Waals surface area contributed by atoms with Crippen molar-refractivity contribution >= 4 is 12.0 Å². The number of hydrogen-bond donors (Lipinski definition) is 2. The van der Waals surface area contributed by atoms with Crippen LogP contribution >= 0.6 is 0 Å². The predicted molar refractivity (Wildman–Crippen MR) is 97.5 cm³/mol. The molecule has 0 heterocycles. The van der Waals surface area contributed by atoms with E-state index >= 15 is 0 Å². The van der Waals surface area contributed by atoms with E-state index in [2.05, 4.69) is 15.4 Å². The minimum absolute atomic E-state index is 0.00649. The molecule has 2 N–H and O–H groups in total. The Kier molecular flexibility index (Phi) is 8.46. The smallest absolute Gasteiger partial charge is 0.408 e. The van der Waals surface area contributed by atoms with Crippen LogP contribution in [0.2, 0.25) is 0 Å². The van der Waals surface area contributed by atoms with Crippen LogP contribution in [-0.4, -0.2) is 30.3 Å². The molecule has 0 spiro atoms. The topological polar surface area (TPSA) is 76.7 Å². The van der Waals surface area contributed by atoms with E-state index in [1.165, 1.54) is 6.07 Å². The number of alkyl carbamates (subject to hydrolysis) is 1. The van der Waals surface area contributed by atoms with Crippen molar-refractivity contribution in [1.29, 1.82) is 0 Å². The van der Waals surface area contributed by atoms with Crippen molar-refractivity contribution in [2.24, 2.45) is 5.92 Å². The first-order chi connectivity index (χ1) is 12.5. The highest BCUT2D eigenvalue weighted by Gasteiger charge is 2.28. The van der Waals surface area contributed by atoms with E-state index in [-0.39, 0.29) is 18.2 Å². The van der Waals surface area contributed by atoms with E-state index in [4.69, 9.17) is 4.74 Å². The summed E-state index contributed by atoms with van der Waals surface area (Å²) in [5, 5.41) is 5.24. The van der Waals surface area contributed by atoms with Crippen LogP contribution in [0.5, 0.6) is 5.75 Å². The van der Waals surface area contributed by atoms with Crippen LogP contribution in [0.25, 0.3) is 0 Å². The van der Waals surface area contributed by atoms with Crippen LogP contribution in [0.3, 0.4) is 0 Å². The van der Waals surface area contributed by atoms with Gasteiger partial charge < -0.3 is 20.1 Å². The lowest BCUT2D eigenvalue weighted by Gasteiger charge is -2.26. The molecular weight excluding hydrogens is 358 g/mol. The van der Waals surface area contributed by atoms with Gasteiger partial charge in [0.15, 0.2) is 0 Å². The maximum absolute atomic E-state index is 12.6. The van der Waals surface area contributed by atoms with Crippen molar-refractivity contribution in [3.63, 3.8) is 0 Å². The molecule has 0 saturated carbocycles. The van der Waals surface area contributed by atoms with Gasteiger partial charge in [-0.15, -0.1) is 0 Å². The first kappa shape index (κ1) is 22.7. The Bertz CT molecular complexity index is 632. The molecule has 27 heavy (non-hydrogen) atoms. The molecule has 1 rings (SSSR count). The first-order valence-electron chi connectivity index (χ1n) is 8.83. The number of ether oxygens (including phenoxy) is 2. The molecule has 2 atom stereocenters. The van der Waals surface area contributed by atoms with Gasteiger partial charge in [-0.3, -0.25) is 4.79 Å². The lowest BCUT2D eigenvalue weighted by atomic mass is 9.98. The Labute approximate surface area is 158 Å². The lowest BCUT2D eigenvalue weighted by molar-refractivity contribution is -0.124. The SMILES string of the molecule is CC[C@@H](C)[C@@H](NC(=O)OC(C)(C)C)C(=O)NCc1ccccc1OC(F)F. The Morgan fingerprint density at radius 1 is 1.19 bits per heavy atom. The summed E-state index contributed by atoms with van der Waals surface area (Å²) < 4.78 is 34.6. The van der Waals surface area contributed by atoms with Gasteiger partial charge in [0.2, 0.25) is 5.91 Å². The third kappa shape index (κ3) is 8.23. The first-order valence-corrected chi connectivity index (χ1v) is 8.83. The summed E-state index contributed by atoms with van der Waals surface area (Å²) in [7, 11) is 0. The molecule has 152 valence electrons. The maximum Gasteiger partial charge on any atom is 0.408 e. The number of para-hydroxylation sites is 1. The summed E-state index contributed by atoms with van der Waals surface area (Å²) in [6, 6.07) is 5.39. The number of alkyl halides is 2. The average Bonchev–Trinajstić information content (AvgIpc) is 2.56. The molecular formula is C19H28F2N2O4. The summed E-state index contributed by atoms with van der Waals surface area (Å²) in [5.41, 5.74) is -0.280. The molecule has 0 fully saturated rings. The van der Waals surface area contributed by atoms with Gasteiger partial charge in [0, 0.05) is 12.1 Å². The van der Waals surface area contributed by atoms with Gasteiger partial charge in [0.25, 0.3) is 0 Å². The quantitative estimate of drug-likeness (QED) is 0.712. The number of carbonyl (C=O) groups excluding carboxylic acids is 2. The Morgan fingerprint density at radius 3 is 2.37 bits per heavy atom. The number of carbonyl (C=O) groups is 2. The van der Waals surface area contributed by atoms with Crippen LogP contribution in [0.4, 0.5) is 13.6 Å². The molecule has 0 aliphatic rings. The summed E-state index contributed by atoms with van der Waals surface area (Å²) in [5.74, 6) is -0.583. The fourth-order valence-electron chi connectivity index (χ4n) is 2.29. The van der Waals surface area contributed by atoms with Crippen molar-refractivity contribution in [3.05, 3.63) is 29.8 Å². The van der Waals surface area contributed by atoms with E-state index < -0.39 is 30.3 Å². The minimum Gasteiger partial charge on any atom is -0.444 e. The molecule has 1 aromatic carbocycles. The van der Waals surface area contributed by atoms with Crippen LogP contribution in [0, 0.1) is 5.92 Å². The van der Waals surface area contributed by atoms with Gasteiger partial charge in [-0.25, -0.2) is 4.79 Å². The minimum atomic E-state index is -2.96. The van der Waals surface area contributed by atoms with Crippen molar-refractivity contribution in [2.75, 3.05) is 0 Å². The summed E-state index contributed by atoms with van der Waals surface area (Å²) in [6.45, 7) is 5.94. The third-order valence-electron chi connectivity index (χ3n) is 3.81. The number of hydrogen-bond acceptors (Lipinski definition) is 4. The standard InChI is InChI=1S/C19H28F2N2O4/c1-6-12(2)15(23-18(25)27-19(3,4)5)16(24)22-11-13-9-7-8-10-14(13)26-17(20)21/h7-10,12,15,17H,6,11H2,1-5H3,(H,22,24)(H,23,25)/t12-,15-/m1/s1. The van der Waals surface area contributed by atoms with Crippen LogP contribution in [0.15, 0.2) is 24.3 Å². The molecule has 6 nitrogen and oxygen atoms in total. The van der Waals surface area contributed by atoms with E-state index in [0.717, 1.165) is 0 Å². The second-order valence-corrected chi connectivity index (χ2v) is 7.21. The molecule has 0 unspecified atom stereocenters. The molecule has 8 heteroatoms. The molecule has 0 radical (unpaired) electrons. The lowest BCUT2D eigenvalue weighted by Crippen LogP contribution is -2.51. The highest BCUT2D eigenvalue weighted by molar-refractivity contribution is 5.86. The van der Waals surface area contributed by atoms with Gasteiger partial charge in [-0.2, -0.15) is 8.78 Å².